The molecule has 0 atom stereocenters. The summed E-state index contributed by atoms with van der Waals surface area (Å²) < 4.78 is 15.2. The van der Waals surface area contributed by atoms with Gasteiger partial charge in [0.15, 0.2) is 5.65 Å². The van der Waals surface area contributed by atoms with Crippen LogP contribution in [0.15, 0.2) is 53.5 Å². The zero-order valence-corrected chi connectivity index (χ0v) is 15.2. The van der Waals surface area contributed by atoms with Crippen molar-refractivity contribution in [2.45, 2.75) is 37.8 Å². The number of aromatic amines is 1. The van der Waals surface area contributed by atoms with Crippen LogP contribution in [0.25, 0.3) is 22.1 Å². The standard InChI is InChI=1S/C21H20FN5O/c22-14-5-3-13-4-10-19(25-18(13)12-14)24-15-6-8-16(9-7-15)27-20-17(26-21(27)28)2-1-11-23-20/h1-5,10-12,15-16H,6-9H2,(H,24,25)(H,26,28). The van der Waals surface area contributed by atoms with E-state index >= 15 is 0 Å². The van der Waals surface area contributed by atoms with Crippen LogP contribution in [0.3, 0.4) is 0 Å². The Labute approximate surface area is 160 Å². The number of rotatable bonds is 3. The number of halogens is 1. The first kappa shape index (κ1) is 16.9. The van der Waals surface area contributed by atoms with E-state index in [-0.39, 0.29) is 23.6 Å². The predicted octanol–water partition coefficient (Wildman–Crippen LogP) is 4.01. The van der Waals surface area contributed by atoms with Crippen molar-refractivity contribution in [3.8, 4) is 0 Å². The number of nitrogens with zero attached hydrogens (tertiary/aromatic N) is 3. The zero-order chi connectivity index (χ0) is 19.1. The van der Waals surface area contributed by atoms with Crippen LogP contribution in [-0.4, -0.2) is 25.6 Å². The second kappa shape index (κ2) is 6.74. The number of H-pyrrole nitrogens is 1. The Kier molecular flexibility index (Phi) is 4.07. The van der Waals surface area contributed by atoms with Crippen LogP contribution in [0.5, 0.6) is 0 Å². The largest absolute Gasteiger partial charge is 0.367 e. The number of hydrogen-bond acceptors (Lipinski definition) is 4. The second-order valence-corrected chi connectivity index (χ2v) is 7.36. The molecule has 0 bridgehead atoms. The molecule has 0 aliphatic heterocycles. The molecule has 1 aromatic carbocycles. The number of fused-ring (bicyclic) bond motifs is 2. The van der Waals surface area contributed by atoms with Gasteiger partial charge in [-0.3, -0.25) is 4.57 Å². The predicted molar refractivity (Wildman–Crippen MR) is 107 cm³/mol. The Balaban J connectivity index is 1.31. The van der Waals surface area contributed by atoms with Gasteiger partial charge < -0.3 is 10.3 Å². The fraction of sp³-hybridized carbons (Fsp3) is 0.286. The van der Waals surface area contributed by atoms with E-state index in [2.05, 4.69) is 20.3 Å². The van der Waals surface area contributed by atoms with Crippen LogP contribution in [0.2, 0.25) is 0 Å². The minimum atomic E-state index is -0.282. The maximum atomic E-state index is 13.5. The normalized spacial score (nSPS) is 19.9. The van der Waals surface area contributed by atoms with Gasteiger partial charge in [0.25, 0.3) is 0 Å². The van der Waals surface area contributed by atoms with Crippen LogP contribution in [-0.2, 0) is 0 Å². The van der Waals surface area contributed by atoms with Crippen molar-refractivity contribution in [3.05, 3.63) is 65.0 Å². The van der Waals surface area contributed by atoms with Crippen molar-refractivity contribution in [1.82, 2.24) is 19.5 Å². The summed E-state index contributed by atoms with van der Waals surface area (Å²) in [6.07, 6.45) is 5.36. The SMILES string of the molecule is O=c1[nH]c2cccnc2n1C1CCC(Nc2ccc3ccc(F)cc3n2)CC1. The van der Waals surface area contributed by atoms with E-state index in [1.807, 2.05) is 24.3 Å². The lowest BCUT2D eigenvalue weighted by Gasteiger charge is -2.30. The number of hydrogen-bond donors (Lipinski definition) is 2. The highest BCUT2D eigenvalue weighted by Gasteiger charge is 2.25. The highest BCUT2D eigenvalue weighted by Crippen LogP contribution is 2.31. The van der Waals surface area contributed by atoms with Gasteiger partial charge in [0, 0.05) is 29.7 Å². The molecule has 0 amide bonds. The summed E-state index contributed by atoms with van der Waals surface area (Å²) in [5, 5.41) is 4.38. The van der Waals surface area contributed by atoms with Gasteiger partial charge in [0.1, 0.15) is 11.6 Å². The molecule has 6 nitrogen and oxygen atoms in total. The van der Waals surface area contributed by atoms with Crippen molar-refractivity contribution in [2.24, 2.45) is 0 Å². The molecule has 1 aliphatic carbocycles. The van der Waals surface area contributed by atoms with Crippen LogP contribution in [0.4, 0.5) is 10.2 Å². The molecule has 3 aromatic heterocycles. The van der Waals surface area contributed by atoms with Crippen LogP contribution in [0.1, 0.15) is 31.7 Å². The first-order valence-electron chi connectivity index (χ1n) is 9.55. The molecule has 28 heavy (non-hydrogen) atoms. The highest BCUT2D eigenvalue weighted by molar-refractivity contribution is 5.80. The van der Waals surface area contributed by atoms with Crippen LogP contribution < -0.4 is 11.0 Å². The Morgan fingerprint density at radius 3 is 2.79 bits per heavy atom. The summed E-state index contributed by atoms with van der Waals surface area (Å²) >= 11 is 0. The van der Waals surface area contributed by atoms with Crippen LogP contribution in [0, 0.1) is 5.82 Å². The van der Waals surface area contributed by atoms with Gasteiger partial charge in [-0.15, -0.1) is 0 Å². The maximum Gasteiger partial charge on any atom is 0.327 e. The van der Waals surface area contributed by atoms with E-state index in [1.165, 1.54) is 12.1 Å². The van der Waals surface area contributed by atoms with Gasteiger partial charge in [0.05, 0.1) is 11.0 Å². The van der Waals surface area contributed by atoms with E-state index in [0.29, 0.717) is 5.52 Å². The van der Waals surface area contributed by atoms with E-state index in [0.717, 1.165) is 48.1 Å². The van der Waals surface area contributed by atoms with Crippen molar-refractivity contribution >= 4 is 27.9 Å². The Morgan fingerprint density at radius 1 is 1.11 bits per heavy atom. The molecule has 3 heterocycles. The minimum absolute atomic E-state index is 0.0941. The smallest absolute Gasteiger partial charge is 0.327 e. The summed E-state index contributed by atoms with van der Waals surface area (Å²) in [5.41, 5.74) is 2.06. The highest BCUT2D eigenvalue weighted by atomic mass is 19.1. The molecule has 5 rings (SSSR count). The monoisotopic (exact) mass is 377 g/mol. The molecule has 0 radical (unpaired) electrons. The molecule has 7 heteroatoms. The molecular weight excluding hydrogens is 357 g/mol. The quantitative estimate of drug-likeness (QED) is 0.566. The third kappa shape index (κ3) is 3.02. The molecule has 1 saturated carbocycles. The van der Waals surface area contributed by atoms with Crippen molar-refractivity contribution in [1.29, 1.82) is 0 Å². The molecule has 142 valence electrons. The van der Waals surface area contributed by atoms with Gasteiger partial charge in [-0.2, -0.15) is 0 Å². The van der Waals surface area contributed by atoms with Crippen molar-refractivity contribution in [2.75, 3.05) is 5.32 Å². The molecule has 0 spiro atoms. The van der Waals surface area contributed by atoms with E-state index in [4.69, 9.17) is 0 Å². The van der Waals surface area contributed by atoms with Gasteiger partial charge in [-0.05, 0) is 62.1 Å². The maximum absolute atomic E-state index is 13.5. The fourth-order valence-electron chi connectivity index (χ4n) is 4.16. The molecule has 0 unspecified atom stereocenters. The second-order valence-electron chi connectivity index (χ2n) is 7.36. The summed E-state index contributed by atoms with van der Waals surface area (Å²) in [7, 11) is 0. The van der Waals surface area contributed by atoms with Crippen LogP contribution >= 0.6 is 0 Å². The first-order valence-corrected chi connectivity index (χ1v) is 9.55. The Bertz CT molecular complexity index is 1210. The van der Waals surface area contributed by atoms with Gasteiger partial charge in [-0.1, -0.05) is 0 Å². The number of pyridine rings is 2. The summed E-state index contributed by atoms with van der Waals surface area (Å²) in [4.78, 5) is 24.2. The average Bonchev–Trinajstić information content (AvgIpc) is 3.04. The average molecular weight is 377 g/mol. The van der Waals surface area contributed by atoms with Gasteiger partial charge >= 0.3 is 5.69 Å². The molecule has 2 N–H and O–H groups in total. The lowest BCUT2D eigenvalue weighted by molar-refractivity contribution is 0.333. The molecule has 1 aliphatic rings. The molecule has 1 fully saturated rings. The lowest BCUT2D eigenvalue weighted by Crippen LogP contribution is -2.31. The van der Waals surface area contributed by atoms with Crippen molar-refractivity contribution in [3.63, 3.8) is 0 Å². The van der Waals surface area contributed by atoms with Gasteiger partial charge in [0.2, 0.25) is 0 Å². The lowest BCUT2D eigenvalue weighted by atomic mass is 9.91. The summed E-state index contributed by atoms with van der Waals surface area (Å²) in [5.74, 6) is 0.475. The number of anilines is 1. The van der Waals surface area contributed by atoms with Gasteiger partial charge in [-0.25, -0.2) is 19.2 Å². The fourth-order valence-corrected chi connectivity index (χ4v) is 4.16. The van der Waals surface area contributed by atoms with E-state index in [9.17, 15) is 9.18 Å². The van der Waals surface area contributed by atoms with Crippen molar-refractivity contribution < 1.29 is 4.39 Å². The Morgan fingerprint density at radius 2 is 1.93 bits per heavy atom. The third-order valence-corrected chi connectivity index (χ3v) is 5.54. The zero-order valence-electron chi connectivity index (χ0n) is 15.2. The molecule has 4 aromatic rings. The Hall–Kier alpha value is -3.22. The number of imidazole rings is 1. The summed E-state index contributed by atoms with van der Waals surface area (Å²) in [6, 6.07) is 12.6. The molecule has 0 saturated heterocycles. The number of benzene rings is 1. The third-order valence-electron chi connectivity index (χ3n) is 5.54. The topological polar surface area (TPSA) is 75.6 Å². The molecular formula is C21H20FN5O. The number of aromatic nitrogens is 4. The summed E-state index contributed by atoms with van der Waals surface area (Å²) in [6.45, 7) is 0. The minimum Gasteiger partial charge on any atom is -0.367 e. The van der Waals surface area contributed by atoms with E-state index in [1.54, 1.807) is 16.8 Å². The number of nitrogens with one attached hydrogen (secondary N) is 2. The van der Waals surface area contributed by atoms with E-state index < -0.39 is 0 Å². The first-order chi connectivity index (χ1) is 13.7.